The summed E-state index contributed by atoms with van der Waals surface area (Å²) in [6.07, 6.45) is 0. The van der Waals surface area contributed by atoms with Gasteiger partial charge in [-0.3, -0.25) is 14.3 Å². The second-order valence-electron chi connectivity index (χ2n) is 8.05. The first-order valence-electron chi connectivity index (χ1n) is 10.6. The molecular formula is C24H27N5O3. The van der Waals surface area contributed by atoms with Crippen molar-refractivity contribution >= 4 is 5.91 Å². The Hall–Kier alpha value is -3.57. The summed E-state index contributed by atoms with van der Waals surface area (Å²) in [6.45, 7) is 8.14. The highest BCUT2D eigenvalue weighted by Crippen LogP contribution is 2.26. The first-order valence-corrected chi connectivity index (χ1v) is 10.6. The minimum atomic E-state index is -0.348. The van der Waals surface area contributed by atoms with Crippen LogP contribution >= 0.6 is 0 Å². The average molecular weight is 434 g/mol. The average Bonchev–Trinajstić information content (AvgIpc) is 3.36. The third-order valence-electron chi connectivity index (χ3n) is 6.03. The molecule has 1 atom stereocenters. The standard InChI is InChI=1S/C24H27N5O3/c1-16-13-21(18(3)29(16)23-14-17(2)32-26-23)24(30)28-11-9-27(10-12-28)22(15-25)19-5-7-20(31-4)8-6-19/h5-8,13-14,22H,9-12H2,1-4H3. The molecule has 0 saturated carbocycles. The minimum Gasteiger partial charge on any atom is -0.497 e. The molecule has 8 nitrogen and oxygen atoms in total. The Bertz CT molecular complexity index is 1150. The number of benzene rings is 1. The Morgan fingerprint density at radius 1 is 1.12 bits per heavy atom. The number of nitrogens with zero attached hydrogens (tertiary/aromatic N) is 5. The molecule has 0 aliphatic carbocycles. The number of rotatable bonds is 5. The van der Waals surface area contributed by atoms with Crippen LogP contribution < -0.4 is 4.74 Å². The monoisotopic (exact) mass is 433 g/mol. The summed E-state index contributed by atoms with van der Waals surface area (Å²) >= 11 is 0. The van der Waals surface area contributed by atoms with E-state index in [1.807, 2.05) is 66.6 Å². The molecule has 1 aromatic carbocycles. The molecule has 3 aromatic rings. The molecule has 0 bridgehead atoms. The molecule has 32 heavy (non-hydrogen) atoms. The number of hydrogen-bond acceptors (Lipinski definition) is 6. The zero-order chi connectivity index (χ0) is 22.8. The van der Waals surface area contributed by atoms with Crippen molar-refractivity contribution < 1.29 is 14.1 Å². The zero-order valence-electron chi connectivity index (χ0n) is 18.8. The van der Waals surface area contributed by atoms with Crippen molar-refractivity contribution in [2.24, 2.45) is 0 Å². The van der Waals surface area contributed by atoms with Crippen LogP contribution in [-0.4, -0.2) is 58.7 Å². The highest BCUT2D eigenvalue weighted by atomic mass is 16.5. The van der Waals surface area contributed by atoms with E-state index in [4.69, 9.17) is 9.26 Å². The number of carbonyl (C=O) groups is 1. The molecule has 1 aliphatic heterocycles. The number of carbonyl (C=O) groups excluding carboxylic acids is 1. The van der Waals surface area contributed by atoms with Gasteiger partial charge in [0.25, 0.3) is 5.91 Å². The van der Waals surface area contributed by atoms with Crippen LogP contribution in [-0.2, 0) is 0 Å². The molecule has 166 valence electrons. The largest absolute Gasteiger partial charge is 0.497 e. The van der Waals surface area contributed by atoms with Gasteiger partial charge < -0.3 is 14.2 Å². The Labute approximate surface area is 187 Å². The van der Waals surface area contributed by atoms with Crippen molar-refractivity contribution in [1.82, 2.24) is 19.5 Å². The quantitative estimate of drug-likeness (QED) is 0.613. The molecule has 1 aliphatic rings. The Balaban J connectivity index is 1.46. The minimum absolute atomic E-state index is 0.00201. The van der Waals surface area contributed by atoms with Gasteiger partial charge in [-0.2, -0.15) is 5.26 Å². The molecule has 1 amide bonds. The van der Waals surface area contributed by atoms with Crippen molar-refractivity contribution in [3.63, 3.8) is 0 Å². The molecule has 1 fully saturated rings. The highest BCUT2D eigenvalue weighted by Gasteiger charge is 2.29. The molecule has 1 saturated heterocycles. The lowest BCUT2D eigenvalue weighted by Gasteiger charge is -2.37. The van der Waals surface area contributed by atoms with Crippen LogP contribution in [0.25, 0.3) is 5.82 Å². The van der Waals surface area contributed by atoms with E-state index < -0.39 is 0 Å². The zero-order valence-corrected chi connectivity index (χ0v) is 18.8. The number of methoxy groups -OCH3 is 1. The normalized spacial score (nSPS) is 15.4. The van der Waals surface area contributed by atoms with Crippen LogP contribution in [0.3, 0.4) is 0 Å². The topological polar surface area (TPSA) is 87.5 Å². The lowest BCUT2D eigenvalue weighted by atomic mass is 10.1. The number of aromatic nitrogens is 2. The summed E-state index contributed by atoms with van der Waals surface area (Å²) < 4.78 is 12.4. The van der Waals surface area contributed by atoms with Crippen molar-refractivity contribution in [3.05, 3.63) is 64.7 Å². The summed E-state index contributed by atoms with van der Waals surface area (Å²) in [7, 11) is 1.62. The molecule has 0 N–H and O–H groups in total. The van der Waals surface area contributed by atoms with Crippen LogP contribution in [0, 0.1) is 32.1 Å². The Morgan fingerprint density at radius 2 is 1.81 bits per heavy atom. The summed E-state index contributed by atoms with van der Waals surface area (Å²) in [5.74, 6) is 2.17. The summed E-state index contributed by atoms with van der Waals surface area (Å²) in [4.78, 5) is 17.3. The second kappa shape index (κ2) is 8.89. The maximum atomic E-state index is 13.3. The van der Waals surface area contributed by atoms with Gasteiger partial charge in [0.05, 0.1) is 18.7 Å². The Kier molecular flexibility index (Phi) is 6.01. The summed E-state index contributed by atoms with van der Waals surface area (Å²) in [5, 5.41) is 13.9. The fourth-order valence-corrected chi connectivity index (χ4v) is 4.30. The number of nitriles is 1. The third-order valence-corrected chi connectivity index (χ3v) is 6.03. The van der Waals surface area contributed by atoms with E-state index in [1.54, 1.807) is 7.11 Å². The van der Waals surface area contributed by atoms with Crippen molar-refractivity contribution in [2.75, 3.05) is 33.3 Å². The number of piperazine rings is 1. The van der Waals surface area contributed by atoms with Crippen LogP contribution in [0.15, 0.2) is 40.9 Å². The van der Waals surface area contributed by atoms with E-state index in [0.29, 0.717) is 37.6 Å². The predicted molar refractivity (Wildman–Crippen MR) is 119 cm³/mol. The van der Waals surface area contributed by atoms with E-state index in [2.05, 4.69) is 16.1 Å². The molecular weight excluding hydrogens is 406 g/mol. The maximum absolute atomic E-state index is 13.3. The van der Waals surface area contributed by atoms with E-state index in [9.17, 15) is 10.1 Å². The first kappa shape index (κ1) is 21.7. The van der Waals surface area contributed by atoms with Gasteiger partial charge in [0.1, 0.15) is 17.6 Å². The number of aryl methyl sites for hydroxylation is 2. The van der Waals surface area contributed by atoms with E-state index in [0.717, 1.165) is 28.5 Å². The fourth-order valence-electron chi connectivity index (χ4n) is 4.30. The fraction of sp³-hybridized carbons (Fsp3) is 0.375. The van der Waals surface area contributed by atoms with Crippen LogP contribution in [0.5, 0.6) is 5.75 Å². The first-order chi connectivity index (χ1) is 15.4. The molecule has 1 unspecified atom stereocenters. The molecule has 4 rings (SSSR count). The molecule has 0 radical (unpaired) electrons. The summed E-state index contributed by atoms with van der Waals surface area (Å²) in [5.41, 5.74) is 3.38. The lowest BCUT2D eigenvalue weighted by molar-refractivity contribution is 0.0605. The molecule has 8 heteroatoms. The molecule has 3 heterocycles. The van der Waals surface area contributed by atoms with Crippen molar-refractivity contribution in [3.8, 4) is 17.6 Å². The van der Waals surface area contributed by atoms with Crippen molar-refractivity contribution in [2.45, 2.75) is 26.8 Å². The van der Waals surface area contributed by atoms with Gasteiger partial charge in [-0.05, 0) is 44.5 Å². The SMILES string of the molecule is COc1ccc(C(C#N)N2CCN(C(=O)c3cc(C)n(-c4cc(C)on4)c3C)CC2)cc1. The number of hydrogen-bond donors (Lipinski definition) is 0. The number of ether oxygens (including phenoxy) is 1. The van der Waals surface area contributed by atoms with Gasteiger partial charge >= 0.3 is 0 Å². The van der Waals surface area contributed by atoms with Gasteiger partial charge in [0.15, 0.2) is 5.82 Å². The predicted octanol–water partition coefficient (Wildman–Crippen LogP) is 3.42. The molecule has 0 spiro atoms. The Morgan fingerprint density at radius 3 is 2.38 bits per heavy atom. The van der Waals surface area contributed by atoms with Gasteiger partial charge in [-0.15, -0.1) is 0 Å². The maximum Gasteiger partial charge on any atom is 0.255 e. The van der Waals surface area contributed by atoms with Crippen LogP contribution in [0.4, 0.5) is 0 Å². The van der Waals surface area contributed by atoms with Gasteiger partial charge in [-0.1, -0.05) is 17.3 Å². The third kappa shape index (κ3) is 3.99. The molecule has 2 aromatic heterocycles. The van der Waals surface area contributed by atoms with Crippen LogP contribution in [0.2, 0.25) is 0 Å². The summed E-state index contributed by atoms with van der Waals surface area (Å²) in [6, 6.07) is 13.4. The smallest absolute Gasteiger partial charge is 0.255 e. The van der Waals surface area contributed by atoms with E-state index in [-0.39, 0.29) is 11.9 Å². The van der Waals surface area contributed by atoms with Gasteiger partial charge in [0, 0.05) is 43.6 Å². The van der Waals surface area contributed by atoms with Gasteiger partial charge in [0.2, 0.25) is 0 Å². The second-order valence-corrected chi connectivity index (χ2v) is 8.05. The van der Waals surface area contributed by atoms with Crippen molar-refractivity contribution in [1.29, 1.82) is 5.26 Å². The van der Waals surface area contributed by atoms with Crippen LogP contribution in [0.1, 0.15) is 39.1 Å². The lowest BCUT2D eigenvalue weighted by Crippen LogP contribution is -2.49. The van der Waals surface area contributed by atoms with E-state index in [1.165, 1.54) is 0 Å². The highest BCUT2D eigenvalue weighted by molar-refractivity contribution is 5.96. The van der Waals surface area contributed by atoms with E-state index >= 15 is 0 Å². The van der Waals surface area contributed by atoms with Gasteiger partial charge in [-0.25, -0.2) is 0 Å². The number of amides is 1.